The molecule has 0 heterocycles. The van der Waals surface area contributed by atoms with Gasteiger partial charge in [0.05, 0.1) is 11.5 Å². The fourth-order valence-electron chi connectivity index (χ4n) is 2.57. The Morgan fingerprint density at radius 3 is 2.65 bits per heavy atom. The van der Waals surface area contributed by atoms with E-state index in [9.17, 15) is 9.90 Å². The maximum atomic E-state index is 12.5. The Bertz CT molecular complexity index is 483. The molecule has 1 saturated carbocycles. The summed E-state index contributed by atoms with van der Waals surface area (Å²) in [5.41, 5.74) is 0.523. The summed E-state index contributed by atoms with van der Waals surface area (Å²) in [6.07, 6.45) is 2.23. The van der Waals surface area contributed by atoms with Crippen LogP contribution in [0.4, 0.5) is 0 Å². The first kappa shape index (κ1) is 15.3. The summed E-state index contributed by atoms with van der Waals surface area (Å²) < 4.78 is 0. The van der Waals surface area contributed by atoms with Gasteiger partial charge in [-0.05, 0) is 36.5 Å². The lowest BCUT2D eigenvalue weighted by molar-refractivity contribution is -0.130. The third-order valence-corrected chi connectivity index (χ3v) is 4.50. The summed E-state index contributed by atoms with van der Waals surface area (Å²) in [6, 6.07) is 7.54. The van der Waals surface area contributed by atoms with Crippen molar-refractivity contribution in [3.05, 3.63) is 34.9 Å². The number of benzene rings is 1. The minimum Gasteiger partial charge on any atom is -0.391 e. The molecule has 0 saturated heterocycles. The van der Waals surface area contributed by atoms with Crippen LogP contribution in [0.5, 0.6) is 0 Å². The predicted molar refractivity (Wildman–Crippen MR) is 80.8 cm³/mol. The lowest BCUT2D eigenvalue weighted by atomic mass is 9.64. The van der Waals surface area contributed by atoms with Gasteiger partial charge in [-0.1, -0.05) is 44.0 Å². The summed E-state index contributed by atoms with van der Waals surface area (Å²) in [6.45, 7) is 4.18. The van der Waals surface area contributed by atoms with Crippen molar-refractivity contribution in [3.8, 4) is 0 Å². The summed E-state index contributed by atoms with van der Waals surface area (Å²) in [5.74, 6) is 0.143. The molecule has 1 aromatic carbocycles. The highest BCUT2D eigenvalue weighted by molar-refractivity contribution is 6.30. The average Bonchev–Trinajstić information content (AvgIpc) is 2.34. The molecule has 1 amide bonds. The van der Waals surface area contributed by atoms with Crippen molar-refractivity contribution < 1.29 is 9.90 Å². The summed E-state index contributed by atoms with van der Waals surface area (Å²) in [5, 5.41) is 13.4. The summed E-state index contributed by atoms with van der Waals surface area (Å²) in [4.78, 5) is 12.5. The molecule has 20 heavy (non-hydrogen) atoms. The SMILES string of the molecule is CC(C)C(O)CNC(=O)C1(c2cccc(Cl)c2)CCC1. The topological polar surface area (TPSA) is 49.3 Å². The molecule has 1 fully saturated rings. The Morgan fingerprint density at radius 1 is 1.45 bits per heavy atom. The van der Waals surface area contributed by atoms with Gasteiger partial charge >= 0.3 is 0 Å². The predicted octanol–water partition coefficient (Wildman–Crippen LogP) is 2.89. The van der Waals surface area contributed by atoms with Gasteiger partial charge in [-0.2, -0.15) is 0 Å². The molecule has 1 aliphatic carbocycles. The largest absolute Gasteiger partial charge is 0.391 e. The fourth-order valence-corrected chi connectivity index (χ4v) is 2.76. The molecule has 1 aromatic rings. The van der Waals surface area contributed by atoms with Gasteiger partial charge in [-0.25, -0.2) is 0 Å². The Hall–Kier alpha value is -1.06. The fraction of sp³-hybridized carbons (Fsp3) is 0.562. The number of halogens is 1. The van der Waals surface area contributed by atoms with E-state index in [-0.39, 0.29) is 11.8 Å². The van der Waals surface area contributed by atoms with Gasteiger partial charge in [-0.3, -0.25) is 4.79 Å². The third-order valence-electron chi connectivity index (χ3n) is 4.26. The van der Waals surface area contributed by atoms with E-state index in [0.717, 1.165) is 24.8 Å². The van der Waals surface area contributed by atoms with Gasteiger partial charge in [0.2, 0.25) is 5.91 Å². The van der Waals surface area contributed by atoms with Crippen LogP contribution in [0.3, 0.4) is 0 Å². The van der Waals surface area contributed by atoms with Crippen LogP contribution in [-0.4, -0.2) is 23.7 Å². The first-order chi connectivity index (χ1) is 9.45. The minimum atomic E-state index is -0.504. The minimum absolute atomic E-state index is 0.00529. The third kappa shape index (κ3) is 2.99. The van der Waals surface area contributed by atoms with E-state index in [1.165, 1.54) is 0 Å². The number of amides is 1. The Kier molecular flexibility index (Phi) is 4.71. The van der Waals surface area contributed by atoms with Crippen LogP contribution in [0.15, 0.2) is 24.3 Å². The zero-order chi connectivity index (χ0) is 14.8. The van der Waals surface area contributed by atoms with Crippen LogP contribution >= 0.6 is 11.6 Å². The molecule has 2 rings (SSSR count). The number of aliphatic hydroxyl groups excluding tert-OH is 1. The monoisotopic (exact) mass is 295 g/mol. The number of carbonyl (C=O) groups is 1. The van der Waals surface area contributed by atoms with E-state index in [0.29, 0.717) is 11.6 Å². The molecule has 0 bridgehead atoms. The van der Waals surface area contributed by atoms with E-state index < -0.39 is 11.5 Å². The van der Waals surface area contributed by atoms with Crippen LogP contribution < -0.4 is 5.32 Å². The van der Waals surface area contributed by atoms with Crippen LogP contribution in [0.1, 0.15) is 38.7 Å². The molecule has 0 aliphatic heterocycles. The van der Waals surface area contributed by atoms with Crippen molar-refractivity contribution in [2.45, 2.75) is 44.6 Å². The van der Waals surface area contributed by atoms with E-state index in [4.69, 9.17) is 11.6 Å². The Morgan fingerprint density at radius 2 is 2.15 bits per heavy atom. The smallest absolute Gasteiger partial charge is 0.230 e. The maximum absolute atomic E-state index is 12.5. The number of aliphatic hydroxyl groups is 1. The van der Waals surface area contributed by atoms with Crippen molar-refractivity contribution in [2.75, 3.05) is 6.54 Å². The first-order valence-corrected chi connectivity index (χ1v) is 7.56. The van der Waals surface area contributed by atoms with Crippen LogP contribution in [0, 0.1) is 5.92 Å². The number of carbonyl (C=O) groups excluding carboxylic acids is 1. The molecule has 1 atom stereocenters. The quantitative estimate of drug-likeness (QED) is 0.877. The van der Waals surface area contributed by atoms with Gasteiger partial charge in [0.1, 0.15) is 0 Å². The molecule has 0 radical (unpaired) electrons. The molecule has 0 spiro atoms. The first-order valence-electron chi connectivity index (χ1n) is 7.18. The van der Waals surface area contributed by atoms with Crippen molar-refractivity contribution in [1.82, 2.24) is 5.32 Å². The zero-order valence-corrected chi connectivity index (χ0v) is 12.8. The molecule has 110 valence electrons. The van der Waals surface area contributed by atoms with Gasteiger partial charge in [0, 0.05) is 11.6 Å². The summed E-state index contributed by atoms with van der Waals surface area (Å²) in [7, 11) is 0. The van der Waals surface area contributed by atoms with E-state index in [1.807, 2.05) is 38.1 Å². The second-order valence-electron chi connectivity index (χ2n) is 5.97. The van der Waals surface area contributed by atoms with Crippen molar-refractivity contribution in [3.63, 3.8) is 0 Å². The van der Waals surface area contributed by atoms with Crippen molar-refractivity contribution in [2.24, 2.45) is 5.92 Å². The molecule has 1 unspecified atom stereocenters. The highest BCUT2D eigenvalue weighted by atomic mass is 35.5. The molecule has 3 nitrogen and oxygen atoms in total. The molecular weight excluding hydrogens is 274 g/mol. The highest BCUT2D eigenvalue weighted by Crippen LogP contribution is 2.44. The second kappa shape index (κ2) is 6.15. The lowest BCUT2D eigenvalue weighted by Crippen LogP contribution is -2.51. The molecule has 4 heteroatoms. The molecule has 0 aromatic heterocycles. The standard InChI is InChI=1S/C16H22ClNO2/c1-11(2)14(19)10-18-15(20)16(7-4-8-16)12-5-3-6-13(17)9-12/h3,5-6,9,11,14,19H,4,7-8,10H2,1-2H3,(H,18,20). The van der Waals surface area contributed by atoms with Crippen molar-refractivity contribution >= 4 is 17.5 Å². The van der Waals surface area contributed by atoms with Gasteiger partial charge < -0.3 is 10.4 Å². The number of hydrogen-bond acceptors (Lipinski definition) is 2. The molecule has 1 aliphatic rings. The summed E-state index contributed by atoms with van der Waals surface area (Å²) >= 11 is 6.03. The average molecular weight is 296 g/mol. The second-order valence-corrected chi connectivity index (χ2v) is 6.40. The number of hydrogen-bond donors (Lipinski definition) is 2. The van der Waals surface area contributed by atoms with Crippen molar-refractivity contribution in [1.29, 1.82) is 0 Å². The zero-order valence-electron chi connectivity index (χ0n) is 12.0. The van der Waals surface area contributed by atoms with E-state index >= 15 is 0 Å². The van der Waals surface area contributed by atoms with Gasteiger partial charge in [0.25, 0.3) is 0 Å². The number of nitrogens with one attached hydrogen (secondary N) is 1. The highest BCUT2D eigenvalue weighted by Gasteiger charge is 2.45. The van der Waals surface area contributed by atoms with E-state index in [2.05, 4.69) is 5.32 Å². The normalized spacial score (nSPS) is 18.4. The Labute approximate surface area is 125 Å². The number of rotatable bonds is 5. The Balaban J connectivity index is 2.09. The van der Waals surface area contributed by atoms with Crippen LogP contribution in [-0.2, 0) is 10.2 Å². The van der Waals surface area contributed by atoms with Crippen LogP contribution in [0.2, 0.25) is 5.02 Å². The van der Waals surface area contributed by atoms with Crippen LogP contribution in [0.25, 0.3) is 0 Å². The van der Waals surface area contributed by atoms with Gasteiger partial charge in [-0.15, -0.1) is 0 Å². The molecular formula is C16H22ClNO2. The lowest BCUT2D eigenvalue weighted by Gasteiger charge is -2.41. The molecule has 2 N–H and O–H groups in total. The van der Waals surface area contributed by atoms with Gasteiger partial charge in [0.15, 0.2) is 0 Å². The maximum Gasteiger partial charge on any atom is 0.230 e. The van der Waals surface area contributed by atoms with E-state index in [1.54, 1.807) is 0 Å².